The third kappa shape index (κ3) is 4.18. The highest BCUT2D eigenvalue weighted by Crippen LogP contribution is 2.27. The Morgan fingerprint density at radius 1 is 1.39 bits per heavy atom. The summed E-state index contributed by atoms with van der Waals surface area (Å²) < 4.78 is 5.22. The third-order valence-electron chi connectivity index (χ3n) is 3.62. The van der Waals surface area contributed by atoms with Crippen molar-refractivity contribution >= 4 is 11.6 Å². The molecular formula is C15H22ClNO. The molecule has 0 bridgehead atoms. The zero-order chi connectivity index (χ0) is 12.8. The van der Waals surface area contributed by atoms with Crippen molar-refractivity contribution in [1.82, 2.24) is 5.32 Å². The van der Waals surface area contributed by atoms with Crippen LogP contribution in [0.4, 0.5) is 0 Å². The Morgan fingerprint density at radius 3 is 3.06 bits per heavy atom. The van der Waals surface area contributed by atoms with Gasteiger partial charge in [-0.2, -0.15) is 0 Å². The van der Waals surface area contributed by atoms with Gasteiger partial charge < -0.3 is 10.1 Å². The average molecular weight is 268 g/mol. The summed E-state index contributed by atoms with van der Waals surface area (Å²) in [4.78, 5) is 0. The number of methoxy groups -OCH3 is 1. The summed E-state index contributed by atoms with van der Waals surface area (Å²) >= 11 is 6.20. The normalized spacial score (nSPS) is 23.9. The first kappa shape index (κ1) is 13.7. The molecule has 1 aromatic rings. The van der Waals surface area contributed by atoms with E-state index in [-0.39, 0.29) is 0 Å². The third-order valence-corrected chi connectivity index (χ3v) is 4.01. The average Bonchev–Trinajstić information content (AvgIpc) is 2.39. The maximum atomic E-state index is 6.20. The van der Waals surface area contributed by atoms with Crippen molar-refractivity contribution in [3.63, 3.8) is 0 Å². The molecule has 1 aliphatic rings. The fraction of sp³-hybridized carbons (Fsp3) is 0.600. The smallest absolute Gasteiger partial charge is 0.119 e. The minimum atomic E-state index is 0.391. The minimum absolute atomic E-state index is 0.391. The van der Waals surface area contributed by atoms with Gasteiger partial charge in [0.25, 0.3) is 0 Å². The Morgan fingerprint density at radius 2 is 2.28 bits per heavy atom. The Labute approximate surface area is 115 Å². The van der Waals surface area contributed by atoms with E-state index in [0.29, 0.717) is 5.38 Å². The molecular weight excluding hydrogens is 246 g/mol. The summed E-state index contributed by atoms with van der Waals surface area (Å²) in [6.45, 7) is 1.97. The van der Waals surface area contributed by atoms with Crippen LogP contribution in [0.3, 0.4) is 0 Å². The Bertz CT molecular complexity index is 369. The molecule has 0 saturated heterocycles. The number of ether oxygens (including phenoxy) is 1. The summed E-state index contributed by atoms with van der Waals surface area (Å²) in [6, 6.07) is 8.22. The van der Waals surface area contributed by atoms with Crippen LogP contribution in [-0.2, 0) is 6.54 Å². The van der Waals surface area contributed by atoms with Crippen molar-refractivity contribution in [2.45, 2.75) is 37.6 Å². The Hall–Kier alpha value is -0.730. The molecule has 1 fully saturated rings. The number of halogens is 1. The van der Waals surface area contributed by atoms with Crippen LogP contribution in [0.5, 0.6) is 5.75 Å². The number of alkyl halides is 1. The van der Waals surface area contributed by atoms with E-state index in [1.807, 2.05) is 12.1 Å². The van der Waals surface area contributed by atoms with Crippen LogP contribution in [0.2, 0.25) is 0 Å². The number of rotatable bonds is 5. The van der Waals surface area contributed by atoms with Crippen molar-refractivity contribution in [3.05, 3.63) is 29.8 Å². The van der Waals surface area contributed by atoms with Gasteiger partial charge in [0.1, 0.15) is 5.75 Å². The van der Waals surface area contributed by atoms with Gasteiger partial charge >= 0.3 is 0 Å². The summed E-state index contributed by atoms with van der Waals surface area (Å²) in [7, 11) is 1.70. The molecule has 1 N–H and O–H groups in total. The largest absolute Gasteiger partial charge is 0.497 e. The monoisotopic (exact) mass is 267 g/mol. The van der Waals surface area contributed by atoms with Gasteiger partial charge in [-0.25, -0.2) is 0 Å². The van der Waals surface area contributed by atoms with Crippen LogP contribution in [-0.4, -0.2) is 19.0 Å². The summed E-state index contributed by atoms with van der Waals surface area (Å²) in [5.41, 5.74) is 1.27. The van der Waals surface area contributed by atoms with Gasteiger partial charge in [0.15, 0.2) is 0 Å². The number of hydrogen-bond donors (Lipinski definition) is 1. The number of nitrogens with one attached hydrogen (secondary N) is 1. The zero-order valence-corrected chi connectivity index (χ0v) is 11.7. The maximum absolute atomic E-state index is 6.20. The fourth-order valence-corrected chi connectivity index (χ4v) is 3.02. The topological polar surface area (TPSA) is 21.3 Å². The second-order valence-electron chi connectivity index (χ2n) is 5.11. The summed E-state index contributed by atoms with van der Waals surface area (Å²) in [6.07, 6.45) is 4.94. The molecule has 100 valence electrons. The highest BCUT2D eigenvalue weighted by atomic mass is 35.5. The zero-order valence-electron chi connectivity index (χ0n) is 11.0. The first-order valence-corrected chi connectivity index (χ1v) is 7.19. The molecule has 1 aromatic carbocycles. The van der Waals surface area contributed by atoms with E-state index in [9.17, 15) is 0 Å². The molecule has 1 aliphatic carbocycles. The van der Waals surface area contributed by atoms with Crippen LogP contribution in [0.15, 0.2) is 24.3 Å². The van der Waals surface area contributed by atoms with Crippen LogP contribution >= 0.6 is 11.6 Å². The van der Waals surface area contributed by atoms with Gasteiger partial charge in [-0.3, -0.25) is 0 Å². The molecule has 0 radical (unpaired) electrons. The van der Waals surface area contributed by atoms with Crippen LogP contribution < -0.4 is 10.1 Å². The molecule has 0 amide bonds. The van der Waals surface area contributed by atoms with E-state index in [0.717, 1.165) is 31.2 Å². The molecule has 0 aromatic heterocycles. The van der Waals surface area contributed by atoms with E-state index in [4.69, 9.17) is 16.3 Å². The highest BCUT2D eigenvalue weighted by molar-refractivity contribution is 6.20. The lowest BCUT2D eigenvalue weighted by molar-refractivity contribution is 0.346. The van der Waals surface area contributed by atoms with Crippen molar-refractivity contribution in [1.29, 1.82) is 0 Å². The fourth-order valence-electron chi connectivity index (χ4n) is 2.61. The van der Waals surface area contributed by atoms with Crippen molar-refractivity contribution < 1.29 is 4.74 Å². The van der Waals surface area contributed by atoms with Gasteiger partial charge in [-0.05, 0) is 49.4 Å². The van der Waals surface area contributed by atoms with Gasteiger partial charge in [-0.15, -0.1) is 11.6 Å². The predicted molar refractivity (Wildman–Crippen MR) is 76.3 cm³/mol. The van der Waals surface area contributed by atoms with Gasteiger partial charge in [0.2, 0.25) is 0 Å². The number of benzene rings is 1. The van der Waals surface area contributed by atoms with E-state index in [1.54, 1.807) is 7.11 Å². The Kier molecular flexibility index (Phi) is 5.33. The van der Waals surface area contributed by atoms with Gasteiger partial charge in [-0.1, -0.05) is 18.6 Å². The number of hydrogen-bond acceptors (Lipinski definition) is 2. The van der Waals surface area contributed by atoms with Crippen molar-refractivity contribution in [3.8, 4) is 5.75 Å². The molecule has 2 unspecified atom stereocenters. The lowest BCUT2D eigenvalue weighted by Crippen LogP contribution is -2.27. The first-order valence-electron chi connectivity index (χ1n) is 6.75. The molecule has 0 aliphatic heterocycles. The molecule has 0 heterocycles. The highest BCUT2D eigenvalue weighted by Gasteiger charge is 2.19. The second-order valence-corrected chi connectivity index (χ2v) is 5.73. The lowest BCUT2D eigenvalue weighted by atomic mass is 9.89. The van der Waals surface area contributed by atoms with Gasteiger partial charge in [0, 0.05) is 11.9 Å². The van der Waals surface area contributed by atoms with Crippen LogP contribution in [0.25, 0.3) is 0 Å². The quantitative estimate of drug-likeness (QED) is 0.824. The van der Waals surface area contributed by atoms with E-state index >= 15 is 0 Å². The Balaban J connectivity index is 1.74. The molecule has 3 heteroatoms. The van der Waals surface area contributed by atoms with E-state index < -0.39 is 0 Å². The van der Waals surface area contributed by atoms with Crippen molar-refractivity contribution in [2.75, 3.05) is 13.7 Å². The molecule has 2 nitrogen and oxygen atoms in total. The summed E-state index contributed by atoms with van der Waals surface area (Å²) in [5, 5.41) is 3.92. The minimum Gasteiger partial charge on any atom is -0.497 e. The second kappa shape index (κ2) is 7.01. The standard InChI is InChI=1S/C15H22ClNO/c1-18-15-7-3-5-13(9-15)11-17-10-12-4-2-6-14(16)8-12/h3,5,7,9,12,14,17H,2,4,6,8,10-11H2,1H3. The molecule has 2 atom stereocenters. The first-order chi connectivity index (χ1) is 8.78. The summed E-state index contributed by atoms with van der Waals surface area (Å²) in [5.74, 6) is 1.67. The predicted octanol–water partition coefficient (Wildman–Crippen LogP) is 3.58. The van der Waals surface area contributed by atoms with E-state index in [2.05, 4.69) is 17.4 Å². The lowest BCUT2D eigenvalue weighted by Gasteiger charge is -2.25. The van der Waals surface area contributed by atoms with Gasteiger partial charge in [0.05, 0.1) is 7.11 Å². The van der Waals surface area contributed by atoms with Crippen LogP contribution in [0.1, 0.15) is 31.2 Å². The van der Waals surface area contributed by atoms with Crippen molar-refractivity contribution in [2.24, 2.45) is 5.92 Å². The molecule has 0 spiro atoms. The maximum Gasteiger partial charge on any atom is 0.119 e. The molecule has 18 heavy (non-hydrogen) atoms. The van der Waals surface area contributed by atoms with E-state index in [1.165, 1.54) is 24.8 Å². The SMILES string of the molecule is COc1cccc(CNCC2CCCC(Cl)C2)c1. The molecule has 1 saturated carbocycles. The molecule has 2 rings (SSSR count). The van der Waals surface area contributed by atoms with Crippen LogP contribution in [0, 0.1) is 5.92 Å².